The number of thioether (sulfide) groups is 1. The van der Waals surface area contributed by atoms with Crippen molar-refractivity contribution in [2.24, 2.45) is 5.92 Å². The van der Waals surface area contributed by atoms with Gasteiger partial charge < -0.3 is 15.2 Å². The highest BCUT2D eigenvalue weighted by Crippen LogP contribution is 2.44. The predicted molar refractivity (Wildman–Crippen MR) is 110 cm³/mol. The highest BCUT2D eigenvalue weighted by atomic mass is 32.2. The Morgan fingerprint density at radius 2 is 1.61 bits per heavy atom. The Morgan fingerprint density at radius 1 is 1.04 bits per heavy atom. The summed E-state index contributed by atoms with van der Waals surface area (Å²) in [6, 6.07) is 15.4. The molecule has 1 heterocycles. The Hall–Kier alpha value is -2.47. The van der Waals surface area contributed by atoms with Gasteiger partial charge in [-0.3, -0.25) is 0 Å². The molecule has 0 spiro atoms. The number of fused-ring (bicyclic) bond motifs is 3. The average Bonchev–Trinajstić information content (AvgIpc) is 3.05. The van der Waals surface area contributed by atoms with Gasteiger partial charge in [-0.25, -0.2) is 9.59 Å². The molecular formula is C22H23NO4S. The van der Waals surface area contributed by atoms with Gasteiger partial charge in [-0.1, -0.05) is 48.5 Å². The SMILES string of the molecule is O=C(N[C@H](C(=O)O)C1CCSCC1)OCC1c2ccccc2-c2ccccc21. The van der Waals surface area contributed by atoms with Gasteiger partial charge in [0, 0.05) is 5.92 Å². The van der Waals surface area contributed by atoms with Crippen LogP contribution >= 0.6 is 11.8 Å². The number of carbonyl (C=O) groups is 2. The second-order valence-electron chi connectivity index (χ2n) is 7.24. The molecule has 1 fully saturated rings. The van der Waals surface area contributed by atoms with Crippen molar-refractivity contribution < 1.29 is 19.4 Å². The average molecular weight is 397 g/mol. The molecule has 6 heteroatoms. The smallest absolute Gasteiger partial charge is 0.407 e. The Kier molecular flexibility index (Phi) is 5.57. The quantitative estimate of drug-likeness (QED) is 0.794. The molecule has 0 bridgehead atoms. The zero-order valence-electron chi connectivity index (χ0n) is 15.5. The maximum Gasteiger partial charge on any atom is 0.407 e. The van der Waals surface area contributed by atoms with Crippen molar-refractivity contribution in [2.45, 2.75) is 24.8 Å². The van der Waals surface area contributed by atoms with Gasteiger partial charge in [0.1, 0.15) is 12.6 Å². The maximum absolute atomic E-state index is 12.4. The minimum absolute atomic E-state index is 0.0347. The summed E-state index contributed by atoms with van der Waals surface area (Å²) >= 11 is 1.82. The second-order valence-corrected chi connectivity index (χ2v) is 8.46. The molecule has 0 saturated carbocycles. The van der Waals surface area contributed by atoms with Crippen LogP contribution in [0.3, 0.4) is 0 Å². The van der Waals surface area contributed by atoms with E-state index in [0.29, 0.717) is 0 Å². The zero-order chi connectivity index (χ0) is 19.5. The van der Waals surface area contributed by atoms with Crippen LogP contribution in [0.15, 0.2) is 48.5 Å². The maximum atomic E-state index is 12.4. The van der Waals surface area contributed by atoms with Gasteiger partial charge in [-0.15, -0.1) is 0 Å². The molecule has 1 aliphatic carbocycles. The first kappa shape index (κ1) is 18.9. The lowest BCUT2D eigenvalue weighted by atomic mass is 9.94. The van der Waals surface area contributed by atoms with Gasteiger partial charge in [0.15, 0.2) is 0 Å². The van der Waals surface area contributed by atoms with Crippen molar-refractivity contribution in [3.8, 4) is 11.1 Å². The normalized spacial score (nSPS) is 17.4. The molecule has 2 aliphatic rings. The van der Waals surface area contributed by atoms with Gasteiger partial charge >= 0.3 is 12.1 Å². The van der Waals surface area contributed by atoms with E-state index in [9.17, 15) is 14.7 Å². The number of hydrogen-bond donors (Lipinski definition) is 2. The van der Waals surface area contributed by atoms with Gasteiger partial charge in [0.05, 0.1) is 0 Å². The summed E-state index contributed by atoms with van der Waals surface area (Å²) in [6.45, 7) is 0.187. The molecule has 146 valence electrons. The number of aliphatic carboxylic acids is 1. The van der Waals surface area contributed by atoms with Crippen LogP contribution in [0, 0.1) is 5.92 Å². The van der Waals surface area contributed by atoms with Crippen LogP contribution < -0.4 is 5.32 Å². The summed E-state index contributed by atoms with van der Waals surface area (Å²) in [5.41, 5.74) is 4.59. The fourth-order valence-corrected chi connectivity index (χ4v) is 5.34. The van der Waals surface area contributed by atoms with E-state index in [2.05, 4.69) is 29.6 Å². The lowest BCUT2D eigenvalue weighted by Gasteiger charge is -2.27. The van der Waals surface area contributed by atoms with E-state index in [4.69, 9.17) is 4.74 Å². The summed E-state index contributed by atoms with van der Waals surface area (Å²) in [7, 11) is 0. The standard InChI is InChI=1S/C22H23NO4S/c24-21(25)20(14-9-11-28-12-10-14)23-22(26)27-13-19-17-7-3-1-5-15(17)16-6-2-4-8-18(16)19/h1-8,14,19-20H,9-13H2,(H,23,26)(H,24,25)/t20-/m0/s1. The predicted octanol–water partition coefficient (Wildman–Crippen LogP) is 4.12. The molecule has 1 saturated heterocycles. The van der Waals surface area contributed by atoms with Crippen LogP contribution in [0.25, 0.3) is 11.1 Å². The molecule has 1 aliphatic heterocycles. The van der Waals surface area contributed by atoms with Gasteiger partial charge in [-0.05, 0) is 52.5 Å². The first-order chi connectivity index (χ1) is 13.6. The summed E-state index contributed by atoms with van der Waals surface area (Å²) in [4.78, 5) is 24.0. The van der Waals surface area contributed by atoms with Crippen molar-refractivity contribution in [3.63, 3.8) is 0 Å². The van der Waals surface area contributed by atoms with Gasteiger partial charge in [-0.2, -0.15) is 11.8 Å². The Morgan fingerprint density at radius 3 is 2.18 bits per heavy atom. The van der Waals surface area contributed by atoms with Crippen LogP contribution in [0.1, 0.15) is 29.9 Å². The minimum Gasteiger partial charge on any atom is -0.480 e. The number of nitrogens with one attached hydrogen (secondary N) is 1. The summed E-state index contributed by atoms with van der Waals surface area (Å²) in [5, 5.41) is 12.1. The molecule has 0 unspecified atom stereocenters. The van der Waals surface area contributed by atoms with Crippen molar-refractivity contribution in [3.05, 3.63) is 59.7 Å². The highest BCUT2D eigenvalue weighted by Gasteiger charge is 2.33. The molecule has 1 amide bonds. The molecule has 4 rings (SSSR count). The van der Waals surface area contributed by atoms with E-state index in [1.807, 2.05) is 36.0 Å². The van der Waals surface area contributed by atoms with Crippen LogP contribution in [-0.4, -0.2) is 41.3 Å². The molecule has 0 aromatic heterocycles. The largest absolute Gasteiger partial charge is 0.480 e. The number of amides is 1. The van der Waals surface area contributed by atoms with Gasteiger partial charge in [0.2, 0.25) is 0 Å². The van der Waals surface area contributed by atoms with Crippen molar-refractivity contribution in [1.82, 2.24) is 5.32 Å². The van der Waals surface area contributed by atoms with E-state index in [-0.39, 0.29) is 18.4 Å². The van der Waals surface area contributed by atoms with Crippen molar-refractivity contribution >= 4 is 23.8 Å². The van der Waals surface area contributed by atoms with E-state index in [0.717, 1.165) is 46.6 Å². The van der Waals surface area contributed by atoms with E-state index < -0.39 is 18.1 Å². The fourth-order valence-electron chi connectivity index (χ4n) is 4.20. The van der Waals surface area contributed by atoms with Crippen molar-refractivity contribution in [1.29, 1.82) is 0 Å². The molecule has 1 atom stereocenters. The highest BCUT2D eigenvalue weighted by molar-refractivity contribution is 7.99. The number of carboxylic acid groups (broad SMARTS) is 1. The molecular weight excluding hydrogens is 374 g/mol. The van der Waals surface area contributed by atoms with Crippen LogP contribution in [0.2, 0.25) is 0 Å². The fraction of sp³-hybridized carbons (Fsp3) is 0.364. The lowest BCUT2D eigenvalue weighted by Crippen LogP contribution is -2.47. The first-order valence-electron chi connectivity index (χ1n) is 9.57. The number of alkyl carbamates (subject to hydrolysis) is 1. The van der Waals surface area contributed by atoms with Crippen LogP contribution in [0.5, 0.6) is 0 Å². The summed E-state index contributed by atoms with van der Waals surface area (Å²) in [5.74, 6) is 0.791. The lowest BCUT2D eigenvalue weighted by molar-refractivity contribution is -0.140. The molecule has 28 heavy (non-hydrogen) atoms. The summed E-state index contributed by atoms with van der Waals surface area (Å²) < 4.78 is 5.49. The molecule has 2 N–H and O–H groups in total. The molecule has 5 nitrogen and oxygen atoms in total. The summed E-state index contributed by atoms with van der Waals surface area (Å²) in [6.07, 6.45) is 0.934. The number of hydrogen-bond acceptors (Lipinski definition) is 4. The topological polar surface area (TPSA) is 75.6 Å². The Bertz CT molecular complexity index is 833. The van der Waals surface area contributed by atoms with E-state index in [1.54, 1.807) is 0 Å². The number of carbonyl (C=O) groups excluding carboxylic acids is 1. The van der Waals surface area contributed by atoms with Gasteiger partial charge in [0.25, 0.3) is 0 Å². The second kappa shape index (κ2) is 8.27. The first-order valence-corrected chi connectivity index (χ1v) is 10.7. The van der Waals surface area contributed by atoms with Crippen molar-refractivity contribution in [2.75, 3.05) is 18.1 Å². The molecule has 2 aromatic carbocycles. The third-order valence-electron chi connectivity index (χ3n) is 5.62. The molecule has 2 aromatic rings. The number of rotatable bonds is 5. The van der Waals surface area contributed by atoms with Crippen LogP contribution in [-0.2, 0) is 9.53 Å². The zero-order valence-corrected chi connectivity index (χ0v) is 16.3. The Labute approximate surface area is 168 Å². The number of benzene rings is 2. The monoisotopic (exact) mass is 397 g/mol. The number of carboxylic acids is 1. The van der Waals surface area contributed by atoms with E-state index >= 15 is 0 Å². The third kappa shape index (κ3) is 3.74. The Balaban J connectivity index is 1.44. The molecule has 0 radical (unpaired) electrons. The number of ether oxygens (including phenoxy) is 1. The van der Waals surface area contributed by atoms with Crippen LogP contribution in [0.4, 0.5) is 4.79 Å². The minimum atomic E-state index is -0.995. The third-order valence-corrected chi connectivity index (χ3v) is 6.67. The van der Waals surface area contributed by atoms with E-state index in [1.165, 1.54) is 0 Å².